The Hall–Kier alpha value is -3.07. The van der Waals surface area contributed by atoms with Gasteiger partial charge in [-0.15, -0.1) is 0 Å². The highest BCUT2D eigenvalue weighted by Crippen LogP contribution is 2.39. The van der Waals surface area contributed by atoms with E-state index in [1.807, 2.05) is 0 Å². The van der Waals surface area contributed by atoms with Crippen molar-refractivity contribution >= 4 is 24.0 Å². The summed E-state index contributed by atoms with van der Waals surface area (Å²) in [7, 11) is 2.56. The van der Waals surface area contributed by atoms with Crippen LogP contribution < -0.4 is 14.2 Å². The van der Waals surface area contributed by atoms with E-state index in [0.717, 1.165) is 6.08 Å². The average molecular weight is 340 g/mol. The largest absolute Gasteiger partial charge is 0.493 e. The number of ether oxygens (including phenoxy) is 3. The zero-order valence-corrected chi connectivity index (χ0v) is 12.9. The SMILES string of the molecule is COc1cc(/C=C\C(=O)O)cc(OC)c1OC(=O)C(O)CC(=O)O. The van der Waals surface area contributed by atoms with Gasteiger partial charge in [-0.25, -0.2) is 9.59 Å². The Labute approximate surface area is 136 Å². The molecule has 3 N–H and O–H groups in total. The summed E-state index contributed by atoms with van der Waals surface area (Å²) in [6, 6.07) is 2.77. The Kier molecular flexibility index (Phi) is 6.75. The number of aliphatic hydroxyl groups excluding tert-OH is 1. The van der Waals surface area contributed by atoms with Gasteiger partial charge in [0.05, 0.1) is 20.6 Å². The van der Waals surface area contributed by atoms with Crippen LogP contribution in [-0.2, 0) is 14.4 Å². The predicted octanol–water partition coefficient (Wildman–Crippen LogP) is 0.543. The normalized spacial score (nSPS) is 11.8. The van der Waals surface area contributed by atoms with Gasteiger partial charge < -0.3 is 29.5 Å². The summed E-state index contributed by atoms with van der Waals surface area (Å²) >= 11 is 0. The van der Waals surface area contributed by atoms with Gasteiger partial charge >= 0.3 is 17.9 Å². The van der Waals surface area contributed by atoms with Crippen molar-refractivity contribution in [2.75, 3.05) is 14.2 Å². The van der Waals surface area contributed by atoms with E-state index in [0.29, 0.717) is 5.56 Å². The summed E-state index contributed by atoms with van der Waals surface area (Å²) < 4.78 is 15.1. The van der Waals surface area contributed by atoms with Crippen LogP contribution in [0.4, 0.5) is 0 Å². The summed E-state index contributed by atoms with van der Waals surface area (Å²) in [4.78, 5) is 32.8. The van der Waals surface area contributed by atoms with E-state index < -0.39 is 30.4 Å². The standard InChI is InChI=1S/C15H16O9/c1-22-10-5-8(3-4-12(17)18)6-11(23-2)14(10)24-15(21)9(16)7-13(19)20/h3-6,9,16H,7H2,1-2H3,(H,17,18)(H,19,20)/b4-3-. The molecule has 0 saturated heterocycles. The Balaban J connectivity index is 3.15. The van der Waals surface area contributed by atoms with Gasteiger partial charge in [0.1, 0.15) is 0 Å². The molecule has 0 saturated carbocycles. The molecule has 9 nitrogen and oxygen atoms in total. The third kappa shape index (κ3) is 5.29. The first kappa shape index (κ1) is 19.0. The lowest BCUT2D eigenvalue weighted by Gasteiger charge is -2.15. The number of benzene rings is 1. The topological polar surface area (TPSA) is 140 Å². The van der Waals surface area contributed by atoms with E-state index >= 15 is 0 Å². The van der Waals surface area contributed by atoms with Gasteiger partial charge in [-0.2, -0.15) is 0 Å². The van der Waals surface area contributed by atoms with Crippen LogP contribution in [0.15, 0.2) is 18.2 Å². The number of carboxylic acid groups (broad SMARTS) is 2. The quantitative estimate of drug-likeness (QED) is 0.351. The van der Waals surface area contributed by atoms with Gasteiger partial charge in [0.25, 0.3) is 0 Å². The highest BCUT2D eigenvalue weighted by molar-refractivity contribution is 5.86. The second-order valence-electron chi connectivity index (χ2n) is 4.46. The van der Waals surface area contributed by atoms with Crippen LogP contribution in [-0.4, -0.2) is 53.6 Å². The maximum absolute atomic E-state index is 11.7. The van der Waals surface area contributed by atoms with E-state index in [1.165, 1.54) is 32.4 Å². The summed E-state index contributed by atoms with van der Waals surface area (Å²) in [6.45, 7) is 0. The van der Waals surface area contributed by atoms with Crippen LogP contribution >= 0.6 is 0 Å². The molecule has 0 aromatic heterocycles. The first-order chi connectivity index (χ1) is 11.3. The molecule has 0 fully saturated rings. The average Bonchev–Trinajstić information content (AvgIpc) is 2.52. The lowest BCUT2D eigenvalue weighted by Crippen LogP contribution is -2.28. The molecule has 0 aliphatic heterocycles. The Morgan fingerprint density at radius 2 is 1.67 bits per heavy atom. The maximum atomic E-state index is 11.7. The Morgan fingerprint density at radius 3 is 2.08 bits per heavy atom. The molecule has 9 heteroatoms. The van der Waals surface area contributed by atoms with E-state index in [-0.39, 0.29) is 17.2 Å². The zero-order valence-electron chi connectivity index (χ0n) is 12.9. The van der Waals surface area contributed by atoms with Gasteiger partial charge in [-0.1, -0.05) is 0 Å². The molecular weight excluding hydrogens is 324 g/mol. The minimum atomic E-state index is -1.86. The fraction of sp³-hybridized carbons (Fsp3) is 0.267. The first-order valence-corrected chi connectivity index (χ1v) is 6.57. The Morgan fingerprint density at radius 1 is 1.12 bits per heavy atom. The lowest BCUT2D eigenvalue weighted by molar-refractivity contribution is -0.151. The number of carbonyl (C=O) groups excluding carboxylic acids is 1. The molecule has 0 heterocycles. The fourth-order valence-corrected chi connectivity index (χ4v) is 1.68. The van der Waals surface area contributed by atoms with Crippen molar-refractivity contribution in [3.8, 4) is 17.2 Å². The van der Waals surface area contributed by atoms with Gasteiger partial charge in [-0.05, 0) is 23.8 Å². The maximum Gasteiger partial charge on any atom is 0.341 e. The van der Waals surface area contributed by atoms with Crippen molar-refractivity contribution in [2.24, 2.45) is 0 Å². The van der Waals surface area contributed by atoms with Crippen molar-refractivity contribution in [2.45, 2.75) is 12.5 Å². The molecule has 1 atom stereocenters. The lowest BCUT2D eigenvalue weighted by atomic mass is 10.1. The molecule has 0 aliphatic carbocycles. The van der Waals surface area contributed by atoms with E-state index in [1.54, 1.807) is 0 Å². The number of rotatable bonds is 8. The Bertz CT molecular complexity index is 638. The molecule has 1 unspecified atom stereocenters. The molecular formula is C15H16O9. The third-order valence-electron chi connectivity index (χ3n) is 2.74. The molecule has 1 rings (SSSR count). The number of aliphatic hydroxyl groups is 1. The molecule has 130 valence electrons. The number of methoxy groups -OCH3 is 2. The second kappa shape index (κ2) is 8.53. The van der Waals surface area contributed by atoms with E-state index in [2.05, 4.69) is 0 Å². The van der Waals surface area contributed by atoms with Crippen molar-refractivity contribution < 1.29 is 43.9 Å². The van der Waals surface area contributed by atoms with Crippen molar-refractivity contribution in [3.05, 3.63) is 23.8 Å². The minimum Gasteiger partial charge on any atom is -0.493 e. The van der Waals surface area contributed by atoms with Gasteiger partial charge in [0.2, 0.25) is 5.75 Å². The molecule has 0 radical (unpaired) electrons. The minimum absolute atomic E-state index is 0.0373. The molecule has 1 aromatic carbocycles. The zero-order chi connectivity index (χ0) is 18.3. The third-order valence-corrected chi connectivity index (χ3v) is 2.74. The van der Waals surface area contributed by atoms with Crippen LogP contribution in [0, 0.1) is 0 Å². The highest BCUT2D eigenvalue weighted by atomic mass is 16.6. The smallest absolute Gasteiger partial charge is 0.341 e. The molecule has 0 aliphatic rings. The number of aliphatic carboxylic acids is 2. The number of carbonyl (C=O) groups is 3. The van der Waals surface area contributed by atoms with Crippen LogP contribution in [0.3, 0.4) is 0 Å². The van der Waals surface area contributed by atoms with E-state index in [9.17, 15) is 19.5 Å². The monoisotopic (exact) mass is 340 g/mol. The van der Waals surface area contributed by atoms with Gasteiger partial charge in [0, 0.05) is 6.08 Å². The molecule has 1 aromatic rings. The van der Waals surface area contributed by atoms with Crippen LogP contribution in [0.2, 0.25) is 0 Å². The van der Waals surface area contributed by atoms with Crippen molar-refractivity contribution in [3.63, 3.8) is 0 Å². The van der Waals surface area contributed by atoms with Crippen LogP contribution in [0.25, 0.3) is 6.08 Å². The fourth-order valence-electron chi connectivity index (χ4n) is 1.68. The highest BCUT2D eigenvalue weighted by Gasteiger charge is 2.24. The summed E-state index contributed by atoms with van der Waals surface area (Å²) in [5.41, 5.74) is 0.400. The van der Waals surface area contributed by atoms with Gasteiger partial charge in [0.15, 0.2) is 17.6 Å². The number of carboxylic acids is 2. The molecule has 0 spiro atoms. The summed E-state index contributed by atoms with van der Waals surface area (Å²) in [5.74, 6) is -3.80. The van der Waals surface area contributed by atoms with Crippen LogP contribution in [0.1, 0.15) is 12.0 Å². The van der Waals surface area contributed by atoms with Gasteiger partial charge in [-0.3, -0.25) is 4.79 Å². The summed E-state index contributed by atoms with van der Waals surface area (Å²) in [6.07, 6.45) is -0.499. The van der Waals surface area contributed by atoms with Crippen LogP contribution in [0.5, 0.6) is 17.2 Å². The summed E-state index contributed by atoms with van der Waals surface area (Å²) in [5, 5.41) is 26.7. The molecule has 0 bridgehead atoms. The number of hydrogen-bond donors (Lipinski definition) is 3. The molecule has 0 amide bonds. The first-order valence-electron chi connectivity index (χ1n) is 6.57. The predicted molar refractivity (Wildman–Crippen MR) is 80.1 cm³/mol. The van der Waals surface area contributed by atoms with E-state index in [4.69, 9.17) is 24.4 Å². The molecule has 24 heavy (non-hydrogen) atoms. The van der Waals surface area contributed by atoms with Crippen molar-refractivity contribution in [1.82, 2.24) is 0 Å². The number of esters is 1. The number of hydrogen-bond acceptors (Lipinski definition) is 7. The van der Waals surface area contributed by atoms with Crippen molar-refractivity contribution in [1.29, 1.82) is 0 Å². The second-order valence-corrected chi connectivity index (χ2v) is 4.46.